The van der Waals surface area contributed by atoms with Gasteiger partial charge in [0.1, 0.15) is 5.78 Å². The highest BCUT2D eigenvalue weighted by Crippen LogP contribution is 2.77. The lowest BCUT2D eigenvalue weighted by Crippen LogP contribution is -2.66. The summed E-state index contributed by atoms with van der Waals surface area (Å²) in [7, 11) is 0. The van der Waals surface area contributed by atoms with Crippen molar-refractivity contribution >= 4 is 11.8 Å². The van der Waals surface area contributed by atoms with Crippen molar-refractivity contribution in [3.8, 4) is 0 Å². The molecular weight excluding hydrogens is 420 g/mol. The van der Waals surface area contributed by atoms with E-state index in [0.29, 0.717) is 29.5 Å². The van der Waals surface area contributed by atoms with Gasteiger partial charge in [-0.05, 0) is 110 Å². The summed E-state index contributed by atoms with van der Waals surface area (Å²) in [4.78, 5) is 25.8. The van der Waals surface area contributed by atoms with Gasteiger partial charge in [-0.1, -0.05) is 53.7 Å². The largest absolute Gasteiger partial charge is 0.481 e. The van der Waals surface area contributed by atoms with Crippen LogP contribution in [0.3, 0.4) is 0 Å². The van der Waals surface area contributed by atoms with E-state index in [1.807, 2.05) is 0 Å². The Hall–Kier alpha value is -1.12. The molecule has 0 heterocycles. The molecule has 5 fully saturated rings. The molecule has 190 valence electrons. The summed E-state index contributed by atoms with van der Waals surface area (Å²) in [6.45, 7) is 18.8. The predicted molar refractivity (Wildman–Crippen MR) is 136 cm³/mol. The van der Waals surface area contributed by atoms with Crippen LogP contribution >= 0.6 is 0 Å². The van der Waals surface area contributed by atoms with Crippen molar-refractivity contribution in [2.24, 2.45) is 56.7 Å². The number of rotatable bonds is 3. The first kappa shape index (κ1) is 24.6. The Kier molecular flexibility index (Phi) is 5.38. The van der Waals surface area contributed by atoms with Crippen molar-refractivity contribution in [1.82, 2.24) is 0 Å². The minimum Gasteiger partial charge on any atom is -0.481 e. The topological polar surface area (TPSA) is 54.4 Å². The Morgan fingerprint density at radius 1 is 0.912 bits per heavy atom. The Morgan fingerprint density at radius 3 is 2.26 bits per heavy atom. The molecule has 0 bridgehead atoms. The van der Waals surface area contributed by atoms with Crippen LogP contribution in [0.15, 0.2) is 12.2 Å². The molecule has 0 saturated heterocycles. The van der Waals surface area contributed by atoms with Crippen LogP contribution in [-0.2, 0) is 9.59 Å². The minimum absolute atomic E-state index is 0.162. The second-order valence-corrected chi connectivity index (χ2v) is 14.5. The van der Waals surface area contributed by atoms with Crippen LogP contribution in [0.2, 0.25) is 0 Å². The highest BCUT2D eigenvalue weighted by molar-refractivity contribution is 5.85. The van der Waals surface area contributed by atoms with E-state index in [-0.39, 0.29) is 27.6 Å². The van der Waals surface area contributed by atoms with Gasteiger partial charge in [0.05, 0.1) is 5.41 Å². The molecule has 0 amide bonds. The summed E-state index contributed by atoms with van der Waals surface area (Å²) < 4.78 is 0. The summed E-state index contributed by atoms with van der Waals surface area (Å²) in [6, 6.07) is 0. The number of allylic oxidation sites excluding steroid dienone is 1. The Labute approximate surface area is 207 Å². The molecule has 0 aromatic heterocycles. The zero-order valence-electron chi connectivity index (χ0n) is 22.6. The number of carbonyl (C=O) groups excluding carboxylic acids is 1. The van der Waals surface area contributed by atoms with E-state index in [0.717, 1.165) is 57.8 Å². The number of fused-ring (bicyclic) bond motifs is 7. The number of aliphatic carboxylic acids is 1. The van der Waals surface area contributed by atoms with E-state index in [4.69, 9.17) is 0 Å². The van der Waals surface area contributed by atoms with Gasteiger partial charge in [0.25, 0.3) is 0 Å². The molecule has 5 rings (SSSR count). The highest BCUT2D eigenvalue weighted by Gasteiger charge is 2.72. The standard InChI is InChI=1S/C31H48O3/c1-8-19(2)20-11-16-31(26(33)34)18-17-29(6)21(25(20)31)9-10-23-28(5)14-13-24(32)27(3,4)22(28)12-15-30(23,29)7/h20-23,25H,2,8-18H2,1,3-7H3,(H,33,34)/t20-,21+,22-,23+,25+,28-,29+,30+,31-/m0/s1. The monoisotopic (exact) mass is 468 g/mol. The Morgan fingerprint density at radius 2 is 1.62 bits per heavy atom. The quantitative estimate of drug-likeness (QED) is 0.432. The average molecular weight is 469 g/mol. The van der Waals surface area contributed by atoms with Crippen molar-refractivity contribution in [2.75, 3.05) is 0 Å². The van der Waals surface area contributed by atoms with Gasteiger partial charge in [-0.15, -0.1) is 0 Å². The number of carbonyl (C=O) groups is 2. The van der Waals surface area contributed by atoms with Crippen LogP contribution in [0.1, 0.15) is 112 Å². The van der Waals surface area contributed by atoms with Crippen molar-refractivity contribution in [1.29, 1.82) is 0 Å². The maximum atomic E-state index is 12.9. The second kappa shape index (κ2) is 7.45. The van der Waals surface area contributed by atoms with Crippen LogP contribution in [0.25, 0.3) is 0 Å². The third kappa shape index (κ3) is 2.76. The molecule has 5 aliphatic rings. The first-order valence-electron chi connectivity index (χ1n) is 14.2. The SMILES string of the molecule is C=C(CC)[C@@H]1CC[C@]2(C(=O)O)CC[C@]3(C)[C@H](CC[C@@H]4[C@@]5(C)CCC(=O)C(C)(C)[C@@H]5CC[C@]43C)[C@@H]12. The number of Topliss-reactive ketones (excluding diaryl/α,β-unsaturated/α-hetero) is 1. The molecule has 5 aliphatic carbocycles. The fraction of sp³-hybridized carbons (Fsp3) is 0.871. The average Bonchev–Trinajstić information content (AvgIpc) is 3.18. The molecule has 3 nitrogen and oxygen atoms in total. The molecule has 1 N–H and O–H groups in total. The lowest BCUT2D eigenvalue weighted by atomic mass is 9.32. The lowest BCUT2D eigenvalue weighted by Gasteiger charge is -2.72. The molecule has 0 spiro atoms. The maximum absolute atomic E-state index is 12.9. The number of hydrogen-bond acceptors (Lipinski definition) is 2. The van der Waals surface area contributed by atoms with Crippen molar-refractivity contribution in [2.45, 2.75) is 112 Å². The first-order chi connectivity index (χ1) is 15.8. The van der Waals surface area contributed by atoms with E-state index < -0.39 is 11.4 Å². The van der Waals surface area contributed by atoms with Crippen molar-refractivity contribution < 1.29 is 14.7 Å². The molecular formula is C31H48O3. The van der Waals surface area contributed by atoms with Gasteiger partial charge in [0, 0.05) is 11.8 Å². The van der Waals surface area contributed by atoms with E-state index in [9.17, 15) is 14.7 Å². The molecule has 0 aromatic carbocycles. The third-order valence-electron chi connectivity index (χ3n) is 13.6. The highest BCUT2D eigenvalue weighted by atomic mass is 16.4. The van der Waals surface area contributed by atoms with Gasteiger partial charge in [-0.3, -0.25) is 9.59 Å². The molecule has 34 heavy (non-hydrogen) atoms. The third-order valence-corrected chi connectivity index (χ3v) is 13.6. The Balaban J connectivity index is 1.57. The van der Waals surface area contributed by atoms with E-state index >= 15 is 0 Å². The normalized spacial score (nSPS) is 51.6. The van der Waals surface area contributed by atoms with Gasteiger partial charge in [0.2, 0.25) is 0 Å². The molecule has 9 atom stereocenters. The predicted octanol–water partition coefficient (Wildman–Crippen LogP) is 7.69. The maximum Gasteiger partial charge on any atom is 0.309 e. The van der Waals surface area contributed by atoms with Gasteiger partial charge in [-0.25, -0.2) is 0 Å². The lowest BCUT2D eigenvalue weighted by molar-refractivity contribution is -0.235. The first-order valence-corrected chi connectivity index (χ1v) is 14.2. The number of ketones is 1. The van der Waals surface area contributed by atoms with Gasteiger partial charge < -0.3 is 5.11 Å². The molecule has 0 aliphatic heterocycles. The molecule has 0 aromatic rings. The van der Waals surface area contributed by atoms with Crippen molar-refractivity contribution in [3.63, 3.8) is 0 Å². The van der Waals surface area contributed by atoms with E-state index in [1.165, 1.54) is 18.4 Å². The summed E-state index contributed by atoms with van der Waals surface area (Å²) in [5, 5.41) is 10.6. The molecule has 0 unspecified atom stereocenters. The summed E-state index contributed by atoms with van der Waals surface area (Å²) in [5.74, 6) is 2.09. The van der Waals surface area contributed by atoms with E-state index in [1.54, 1.807) is 0 Å². The van der Waals surface area contributed by atoms with Gasteiger partial charge in [0.15, 0.2) is 0 Å². The summed E-state index contributed by atoms with van der Waals surface area (Å²) in [5.41, 5.74) is 1.11. The molecule has 0 radical (unpaired) electrons. The zero-order chi connectivity index (χ0) is 24.9. The smallest absolute Gasteiger partial charge is 0.309 e. The fourth-order valence-corrected chi connectivity index (χ4v) is 11.5. The minimum atomic E-state index is -0.545. The number of carboxylic acids is 1. The summed E-state index contributed by atoms with van der Waals surface area (Å²) in [6.07, 6.45) is 11.1. The second-order valence-electron chi connectivity index (χ2n) is 14.5. The molecule has 5 saturated carbocycles. The number of carboxylic acid groups (broad SMARTS) is 1. The number of hydrogen-bond donors (Lipinski definition) is 1. The van der Waals surface area contributed by atoms with Gasteiger partial charge in [-0.2, -0.15) is 0 Å². The summed E-state index contributed by atoms with van der Waals surface area (Å²) >= 11 is 0. The zero-order valence-corrected chi connectivity index (χ0v) is 22.6. The van der Waals surface area contributed by atoms with E-state index in [2.05, 4.69) is 48.1 Å². The van der Waals surface area contributed by atoms with Crippen molar-refractivity contribution in [3.05, 3.63) is 12.2 Å². The Bertz CT molecular complexity index is 918. The van der Waals surface area contributed by atoms with Crippen LogP contribution in [0.5, 0.6) is 0 Å². The van der Waals surface area contributed by atoms with Gasteiger partial charge >= 0.3 is 5.97 Å². The molecule has 3 heteroatoms. The van der Waals surface area contributed by atoms with Crippen LogP contribution in [-0.4, -0.2) is 16.9 Å². The van der Waals surface area contributed by atoms with Crippen LogP contribution in [0.4, 0.5) is 0 Å². The van der Waals surface area contributed by atoms with Crippen LogP contribution in [0, 0.1) is 56.7 Å². The fourth-order valence-electron chi connectivity index (χ4n) is 11.5. The van der Waals surface area contributed by atoms with Crippen LogP contribution < -0.4 is 0 Å².